The molecule has 0 spiro atoms. The number of fused-ring (bicyclic) bond motifs is 1. The maximum absolute atomic E-state index is 11.1. The van der Waals surface area contributed by atoms with Crippen LogP contribution in [0.5, 0.6) is 11.5 Å². The van der Waals surface area contributed by atoms with Crippen LogP contribution in [0.4, 0.5) is 4.79 Å². The molecule has 2 rings (SSSR count). The SMILES string of the molecule is CCN(C(=O)O)C(C)Cc1ccc2c(c1)OC(C(N)=O)O2. The summed E-state index contributed by atoms with van der Waals surface area (Å²) in [6.07, 6.45) is -1.50. The summed E-state index contributed by atoms with van der Waals surface area (Å²) in [4.78, 5) is 23.5. The van der Waals surface area contributed by atoms with Gasteiger partial charge >= 0.3 is 12.4 Å². The number of likely N-dealkylation sites (N-methyl/N-ethyl adjacent to an activating group) is 1. The van der Waals surface area contributed by atoms with E-state index >= 15 is 0 Å². The van der Waals surface area contributed by atoms with Crippen molar-refractivity contribution in [3.05, 3.63) is 23.8 Å². The summed E-state index contributed by atoms with van der Waals surface area (Å²) >= 11 is 0. The first-order valence-corrected chi connectivity index (χ1v) is 6.67. The van der Waals surface area contributed by atoms with Crippen molar-refractivity contribution in [2.75, 3.05) is 6.54 Å². The third-order valence-electron chi connectivity index (χ3n) is 3.36. The van der Waals surface area contributed by atoms with Crippen molar-refractivity contribution >= 4 is 12.0 Å². The molecule has 0 saturated heterocycles. The summed E-state index contributed by atoms with van der Waals surface area (Å²) < 4.78 is 10.5. The molecule has 0 bridgehead atoms. The molecule has 0 radical (unpaired) electrons. The number of amides is 2. The van der Waals surface area contributed by atoms with Gasteiger partial charge in [0.1, 0.15) is 0 Å². The molecular formula is C14H18N2O5. The maximum atomic E-state index is 11.1. The van der Waals surface area contributed by atoms with Crippen LogP contribution in [-0.4, -0.2) is 40.9 Å². The van der Waals surface area contributed by atoms with Crippen molar-refractivity contribution in [2.45, 2.75) is 32.6 Å². The van der Waals surface area contributed by atoms with Gasteiger partial charge in [0.05, 0.1) is 0 Å². The fourth-order valence-corrected chi connectivity index (χ4v) is 2.33. The quantitative estimate of drug-likeness (QED) is 0.849. The van der Waals surface area contributed by atoms with Crippen LogP contribution in [0.1, 0.15) is 19.4 Å². The largest absolute Gasteiger partial charge is 0.465 e. The number of rotatable bonds is 5. The minimum Gasteiger partial charge on any atom is -0.465 e. The third-order valence-corrected chi connectivity index (χ3v) is 3.36. The molecule has 21 heavy (non-hydrogen) atoms. The Morgan fingerprint density at radius 2 is 2.05 bits per heavy atom. The van der Waals surface area contributed by atoms with Gasteiger partial charge in [-0.15, -0.1) is 0 Å². The zero-order valence-electron chi connectivity index (χ0n) is 11.9. The monoisotopic (exact) mass is 294 g/mol. The predicted molar refractivity (Wildman–Crippen MR) is 74.3 cm³/mol. The van der Waals surface area contributed by atoms with Crippen molar-refractivity contribution in [1.82, 2.24) is 4.90 Å². The lowest BCUT2D eigenvalue weighted by Crippen LogP contribution is -2.38. The minimum atomic E-state index is -1.10. The Balaban J connectivity index is 2.09. The number of carbonyl (C=O) groups is 2. The van der Waals surface area contributed by atoms with E-state index in [9.17, 15) is 9.59 Å². The number of hydrogen-bond acceptors (Lipinski definition) is 4. The van der Waals surface area contributed by atoms with Gasteiger partial charge in [-0.05, 0) is 38.0 Å². The molecule has 0 fully saturated rings. The van der Waals surface area contributed by atoms with Crippen molar-refractivity contribution < 1.29 is 24.2 Å². The fraction of sp³-hybridized carbons (Fsp3) is 0.429. The van der Waals surface area contributed by atoms with Gasteiger partial charge in [0, 0.05) is 12.6 Å². The van der Waals surface area contributed by atoms with Gasteiger partial charge in [0.15, 0.2) is 11.5 Å². The van der Waals surface area contributed by atoms with E-state index in [-0.39, 0.29) is 6.04 Å². The minimum absolute atomic E-state index is 0.167. The van der Waals surface area contributed by atoms with Gasteiger partial charge < -0.3 is 25.2 Å². The van der Waals surface area contributed by atoms with Gasteiger partial charge in [-0.2, -0.15) is 0 Å². The van der Waals surface area contributed by atoms with Crippen molar-refractivity contribution in [1.29, 1.82) is 0 Å². The highest BCUT2D eigenvalue weighted by atomic mass is 16.7. The van der Waals surface area contributed by atoms with E-state index in [1.807, 2.05) is 13.0 Å². The second-order valence-corrected chi connectivity index (χ2v) is 4.87. The molecule has 0 aromatic heterocycles. The molecule has 1 aliphatic rings. The van der Waals surface area contributed by atoms with Crippen LogP contribution < -0.4 is 15.2 Å². The smallest absolute Gasteiger partial charge is 0.407 e. The predicted octanol–water partition coefficient (Wildman–Crippen LogP) is 1.20. The zero-order chi connectivity index (χ0) is 15.6. The Kier molecular flexibility index (Phi) is 4.21. The summed E-state index contributed by atoms with van der Waals surface area (Å²) in [6, 6.07) is 5.08. The average molecular weight is 294 g/mol. The molecular weight excluding hydrogens is 276 g/mol. The third kappa shape index (κ3) is 3.18. The van der Waals surface area contributed by atoms with Crippen molar-refractivity contribution in [3.8, 4) is 11.5 Å². The molecule has 0 saturated carbocycles. The molecule has 1 heterocycles. The molecule has 7 heteroatoms. The van der Waals surface area contributed by atoms with Crippen LogP contribution >= 0.6 is 0 Å². The van der Waals surface area contributed by atoms with E-state index in [0.717, 1.165) is 5.56 Å². The van der Waals surface area contributed by atoms with E-state index in [0.29, 0.717) is 24.5 Å². The highest BCUT2D eigenvalue weighted by molar-refractivity contribution is 5.79. The van der Waals surface area contributed by atoms with Crippen LogP contribution in [0.15, 0.2) is 18.2 Å². The Bertz CT molecular complexity index is 560. The van der Waals surface area contributed by atoms with Gasteiger partial charge in [0.2, 0.25) is 0 Å². The molecule has 1 aromatic carbocycles. The summed E-state index contributed by atoms with van der Waals surface area (Å²) in [7, 11) is 0. The lowest BCUT2D eigenvalue weighted by atomic mass is 10.1. The van der Waals surface area contributed by atoms with E-state index in [4.69, 9.17) is 20.3 Å². The van der Waals surface area contributed by atoms with E-state index in [2.05, 4.69) is 0 Å². The Hall–Kier alpha value is -2.44. The number of carboxylic acid groups (broad SMARTS) is 1. The van der Waals surface area contributed by atoms with E-state index in [1.165, 1.54) is 4.90 Å². The summed E-state index contributed by atoms with van der Waals surface area (Å²) in [5.74, 6) is 0.215. The van der Waals surface area contributed by atoms with Gasteiger partial charge in [-0.25, -0.2) is 4.79 Å². The lowest BCUT2D eigenvalue weighted by molar-refractivity contribution is -0.133. The summed E-state index contributed by atoms with van der Waals surface area (Å²) in [5.41, 5.74) is 6.02. The van der Waals surface area contributed by atoms with Crippen LogP contribution in [0.3, 0.4) is 0 Å². The van der Waals surface area contributed by atoms with Crippen molar-refractivity contribution in [3.63, 3.8) is 0 Å². The maximum Gasteiger partial charge on any atom is 0.407 e. The number of carbonyl (C=O) groups excluding carboxylic acids is 1. The molecule has 0 aliphatic carbocycles. The molecule has 2 unspecified atom stereocenters. The average Bonchev–Trinajstić information content (AvgIpc) is 2.82. The molecule has 114 valence electrons. The number of ether oxygens (including phenoxy) is 2. The van der Waals surface area contributed by atoms with Gasteiger partial charge in [-0.3, -0.25) is 4.79 Å². The van der Waals surface area contributed by atoms with Crippen LogP contribution in [-0.2, 0) is 11.2 Å². The molecule has 2 amide bonds. The second-order valence-electron chi connectivity index (χ2n) is 4.87. The van der Waals surface area contributed by atoms with Crippen LogP contribution in [0.2, 0.25) is 0 Å². The first-order valence-electron chi connectivity index (χ1n) is 6.67. The Morgan fingerprint density at radius 1 is 1.38 bits per heavy atom. The molecule has 1 aromatic rings. The van der Waals surface area contributed by atoms with Gasteiger partial charge in [0.25, 0.3) is 5.91 Å². The topological polar surface area (TPSA) is 102 Å². The van der Waals surface area contributed by atoms with Gasteiger partial charge in [-0.1, -0.05) is 6.07 Å². The van der Waals surface area contributed by atoms with Crippen LogP contribution in [0, 0.1) is 0 Å². The first kappa shape index (κ1) is 15.0. The zero-order valence-corrected chi connectivity index (χ0v) is 11.9. The fourth-order valence-electron chi connectivity index (χ4n) is 2.33. The number of nitrogens with zero attached hydrogens (tertiary/aromatic N) is 1. The molecule has 3 N–H and O–H groups in total. The molecule has 2 atom stereocenters. The first-order chi connectivity index (χ1) is 9.92. The summed E-state index contributed by atoms with van der Waals surface area (Å²) in [5, 5.41) is 9.10. The Morgan fingerprint density at radius 3 is 2.62 bits per heavy atom. The Labute approximate surface area is 122 Å². The standard InChI is InChI=1S/C14H18N2O5/c1-3-16(14(18)19)8(2)6-9-4-5-10-11(7-9)21-13(20-10)12(15)17/h4-5,7-8,13H,3,6H2,1-2H3,(H2,15,17)(H,18,19). The van der Waals surface area contributed by atoms with Crippen molar-refractivity contribution in [2.24, 2.45) is 5.73 Å². The van der Waals surface area contributed by atoms with E-state index < -0.39 is 18.3 Å². The highest BCUT2D eigenvalue weighted by Gasteiger charge is 2.29. The molecule has 1 aliphatic heterocycles. The number of benzene rings is 1. The lowest BCUT2D eigenvalue weighted by Gasteiger charge is -2.25. The van der Waals surface area contributed by atoms with E-state index in [1.54, 1.807) is 19.1 Å². The normalized spacial score (nSPS) is 17.3. The molecule has 7 nitrogen and oxygen atoms in total. The number of hydrogen-bond donors (Lipinski definition) is 2. The van der Waals surface area contributed by atoms with Crippen LogP contribution in [0.25, 0.3) is 0 Å². The summed E-state index contributed by atoms with van der Waals surface area (Å²) in [6.45, 7) is 4.06. The highest BCUT2D eigenvalue weighted by Crippen LogP contribution is 2.35. The second kappa shape index (κ2) is 5.90. The number of primary amides is 1. The number of nitrogens with two attached hydrogens (primary N) is 1.